The number of nitrogens with one attached hydrogen (secondary N) is 1. The van der Waals surface area contributed by atoms with Crippen molar-refractivity contribution in [2.45, 2.75) is 63.7 Å². The van der Waals surface area contributed by atoms with Crippen molar-refractivity contribution in [3.8, 4) is 0 Å². The Kier molecular flexibility index (Phi) is 2.66. The van der Waals surface area contributed by atoms with E-state index in [1.165, 1.54) is 32.1 Å². The fourth-order valence-electron chi connectivity index (χ4n) is 3.86. The van der Waals surface area contributed by atoms with Crippen LogP contribution in [0.5, 0.6) is 0 Å². The van der Waals surface area contributed by atoms with Gasteiger partial charge in [0.15, 0.2) is 0 Å². The van der Waals surface area contributed by atoms with E-state index in [2.05, 4.69) is 5.32 Å². The molecule has 16 heavy (non-hydrogen) atoms. The van der Waals surface area contributed by atoms with Crippen LogP contribution in [-0.2, 0) is 9.53 Å². The summed E-state index contributed by atoms with van der Waals surface area (Å²) >= 11 is 0. The van der Waals surface area contributed by atoms with E-state index in [1.807, 2.05) is 6.92 Å². The predicted octanol–water partition coefficient (Wildman–Crippen LogP) is 1.86. The minimum atomic E-state index is -0.249. The number of hydrogen-bond donors (Lipinski definition) is 1. The summed E-state index contributed by atoms with van der Waals surface area (Å²) in [6.07, 6.45) is 7.82. The second-order valence-electron chi connectivity index (χ2n) is 5.64. The van der Waals surface area contributed by atoms with Gasteiger partial charge in [-0.05, 0) is 38.0 Å². The van der Waals surface area contributed by atoms with Crippen LogP contribution in [0.2, 0.25) is 0 Å². The number of fused-ring (bicyclic) bond motifs is 3. The molecule has 5 atom stereocenters. The molecule has 1 aliphatic heterocycles. The Balaban J connectivity index is 1.77. The van der Waals surface area contributed by atoms with E-state index in [0.717, 1.165) is 12.3 Å². The number of hydrogen-bond acceptors (Lipinski definition) is 2. The molecule has 0 spiro atoms. The fourth-order valence-corrected chi connectivity index (χ4v) is 3.86. The molecular formula is C13H21NO2. The van der Waals surface area contributed by atoms with E-state index in [0.29, 0.717) is 12.0 Å². The molecule has 3 rings (SSSR count). The Morgan fingerprint density at radius 3 is 2.88 bits per heavy atom. The van der Waals surface area contributed by atoms with Crippen molar-refractivity contribution in [2.75, 3.05) is 0 Å². The Labute approximate surface area is 96.9 Å². The van der Waals surface area contributed by atoms with Crippen molar-refractivity contribution in [3.63, 3.8) is 0 Å². The van der Waals surface area contributed by atoms with Crippen LogP contribution in [0.1, 0.15) is 45.4 Å². The van der Waals surface area contributed by atoms with Crippen molar-refractivity contribution in [1.82, 2.24) is 5.32 Å². The first-order valence-corrected chi connectivity index (χ1v) is 6.71. The number of carbonyl (C=O) groups is 1. The Morgan fingerprint density at radius 2 is 2.00 bits per heavy atom. The second-order valence-corrected chi connectivity index (χ2v) is 5.64. The van der Waals surface area contributed by atoms with Crippen LogP contribution >= 0.6 is 0 Å². The summed E-state index contributed by atoms with van der Waals surface area (Å²) in [5, 5.41) is 3.20. The zero-order chi connectivity index (χ0) is 11.1. The van der Waals surface area contributed by atoms with Gasteiger partial charge >= 0.3 is 0 Å². The molecule has 0 radical (unpaired) electrons. The summed E-state index contributed by atoms with van der Waals surface area (Å²) in [5.41, 5.74) is 0. The molecule has 0 aromatic heterocycles. The largest absolute Gasteiger partial charge is 0.363 e. The normalized spacial score (nSPS) is 47.8. The third-order valence-corrected chi connectivity index (χ3v) is 4.71. The zero-order valence-corrected chi connectivity index (χ0v) is 9.95. The van der Waals surface area contributed by atoms with Crippen LogP contribution in [-0.4, -0.2) is 24.2 Å². The van der Waals surface area contributed by atoms with Gasteiger partial charge in [0.25, 0.3) is 0 Å². The van der Waals surface area contributed by atoms with Crippen LogP contribution in [0, 0.1) is 11.8 Å². The zero-order valence-electron chi connectivity index (χ0n) is 9.95. The topological polar surface area (TPSA) is 38.3 Å². The maximum absolute atomic E-state index is 11.7. The first kappa shape index (κ1) is 10.6. The van der Waals surface area contributed by atoms with Crippen LogP contribution < -0.4 is 5.32 Å². The number of carbonyl (C=O) groups excluding carboxylic acids is 1. The SMILES string of the molecule is CC1OC2CCC3CCCCC3C2NC1=O. The quantitative estimate of drug-likeness (QED) is 0.680. The van der Waals surface area contributed by atoms with E-state index in [-0.39, 0.29) is 18.1 Å². The third kappa shape index (κ3) is 1.65. The van der Waals surface area contributed by atoms with Crippen LogP contribution in [0.4, 0.5) is 0 Å². The smallest absolute Gasteiger partial charge is 0.249 e. The van der Waals surface area contributed by atoms with Gasteiger partial charge in [0, 0.05) is 0 Å². The minimum Gasteiger partial charge on any atom is -0.363 e. The lowest BCUT2D eigenvalue weighted by atomic mass is 9.67. The molecule has 5 unspecified atom stereocenters. The lowest BCUT2D eigenvalue weighted by molar-refractivity contribution is -0.157. The molecule has 3 nitrogen and oxygen atoms in total. The standard InChI is InChI=1S/C13H21NO2/c1-8-13(15)14-12-10-5-3-2-4-9(10)6-7-11(12)16-8/h8-12H,2-7H2,1H3,(H,14,15). The summed E-state index contributed by atoms with van der Waals surface area (Å²) in [5.74, 6) is 1.61. The molecule has 3 fully saturated rings. The number of ether oxygens (including phenoxy) is 1. The fraction of sp³-hybridized carbons (Fsp3) is 0.923. The molecule has 0 bridgehead atoms. The molecule has 3 aliphatic rings. The van der Waals surface area contributed by atoms with Crippen molar-refractivity contribution >= 4 is 5.91 Å². The van der Waals surface area contributed by atoms with Gasteiger partial charge in [0.05, 0.1) is 12.1 Å². The maximum atomic E-state index is 11.7. The van der Waals surface area contributed by atoms with E-state index < -0.39 is 0 Å². The summed E-state index contributed by atoms with van der Waals surface area (Å²) in [7, 11) is 0. The van der Waals surface area contributed by atoms with Gasteiger partial charge in [-0.25, -0.2) is 0 Å². The molecule has 90 valence electrons. The average Bonchev–Trinajstić information content (AvgIpc) is 2.31. The first-order chi connectivity index (χ1) is 7.75. The highest BCUT2D eigenvalue weighted by Crippen LogP contribution is 2.42. The van der Waals surface area contributed by atoms with Gasteiger partial charge in [-0.2, -0.15) is 0 Å². The van der Waals surface area contributed by atoms with Crippen molar-refractivity contribution in [2.24, 2.45) is 11.8 Å². The number of amides is 1. The second kappa shape index (κ2) is 4.02. The summed E-state index contributed by atoms with van der Waals surface area (Å²) in [6, 6.07) is 0.308. The Hall–Kier alpha value is -0.570. The van der Waals surface area contributed by atoms with Gasteiger partial charge in [-0.15, -0.1) is 0 Å². The van der Waals surface area contributed by atoms with Crippen molar-refractivity contribution in [3.05, 3.63) is 0 Å². The van der Waals surface area contributed by atoms with Crippen LogP contribution in [0.3, 0.4) is 0 Å². The Morgan fingerprint density at radius 1 is 1.19 bits per heavy atom. The lowest BCUT2D eigenvalue weighted by Gasteiger charge is -2.48. The van der Waals surface area contributed by atoms with E-state index in [1.54, 1.807) is 0 Å². The molecule has 2 aliphatic carbocycles. The number of morpholine rings is 1. The van der Waals surface area contributed by atoms with Crippen molar-refractivity contribution in [1.29, 1.82) is 0 Å². The third-order valence-electron chi connectivity index (χ3n) is 4.71. The maximum Gasteiger partial charge on any atom is 0.249 e. The molecule has 1 N–H and O–H groups in total. The van der Waals surface area contributed by atoms with Crippen LogP contribution in [0.25, 0.3) is 0 Å². The lowest BCUT2D eigenvalue weighted by Crippen LogP contribution is -2.61. The average molecular weight is 223 g/mol. The first-order valence-electron chi connectivity index (χ1n) is 6.71. The van der Waals surface area contributed by atoms with Gasteiger partial charge in [-0.3, -0.25) is 4.79 Å². The molecule has 3 heteroatoms. The highest BCUT2D eigenvalue weighted by atomic mass is 16.5. The summed E-state index contributed by atoms with van der Waals surface area (Å²) in [6.45, 7) is 1.86. The van der Waals surface area contributed by atoms with Gasteiger partial charge < -0.3 is 10.1 Å². The molecule has 2 saturated carbocycles. The minimum absolute atomic E-state index is 0.0903. The van der Waals surface area contributed by atoms with Gasteiger partial charge in [-0.1, -0.05) is 19.3 Å². The summed E-state index contributed by atoms with van der Waals surface area (Å²) in [4.78, 5) is 11.7. The van der Waals surface area contributed by atoms with Crippen LogP contribution in [0.15, 0.2) is 0 Å². The predicted molar refractivity (Wildman–Crippen MR) is 60.9 cm³/mol. The summed E-state index contributed by atoms with van der Waals surface area (Å²) < 4.78 is 5.84. The van der Waals surface area contributed by atoms with E-state index >= 15 is 0 Å². The molecule has 1 saturated heterocycles. The van der Waals surface area contributed by atoms with E-state index in [9.17, 15) is 4.79 Å². The molecule has 0 aromatic rings. The monoisotopic (exact) mass is 223 g/mol. The highest BCUT2D eigenvalue weighted by Gasteiger charge is 2.45. The molecule has 0 aromatic carbocycles. The van der Waals surface area contributed by atoms with Gasteiger partial charge in [0.1, 0.15) is 6.10 Å². The highest BCUT2D eigenvalue weighted by molar-refractivity contribution is 5.81. The molecule has 1 amide bonds. The molecular weight excluding hydrogens is 202 g/mol. The molecule has 1 heterocycles. The number of rotatable bonds is 0. The van der Waals surface area contributed by atoms with Gasteiger partial charge in [0.2, 0.25) is 5.91 Å². The van der Waals surface area contributed by atoms with Crippen molar-refractivity contribution < 1.29 is 9.53 Å². The Bertz CT molecular complexity index is 292. The van der Waals surface area contributed by atoms with E-state index in [4.69, 9.17) is 4.74 Å².